The highest BCUT2D eigenvalue weighted by atomic mass is 16.5. The molecule has 3 aromatic rings. The van der Waals surface area contributed by atoms with E-state index in [9.17, 15) is 4.79 Å². The summed E-state index contributed by atoms with van der Waals surface area (Å²) < 4.78 is 11.0. The summed E-state index contributed by atoms with van der Waals surface area (Å²) in [6.45, 7) is 6.24. The number of para-hydroxylation sites is 1. The average Bonchev–Trinajstić information content (AvgIpc) is 3.09. The van der Waals surface area contributed by atoms with Crippen LogP contribution in [0.2, 0.25) is 0 Å². The molecule has 0 aliphatic carbocycles. The number of anilines is 1. The maximum Gasteiger partial charge on any atom is 0.226 e. The van der Waals surface area contributed by atoms with Gasteiger partial charge in [0.25, 0.3) is 0 Å². The molecule has 0 radical (unpaired) electrons. The molecule has 1 amide bonds. The molecular formula is C21H24N4O3. The highest BCUT2D eigenvalue weighted by molar-refractivity contribution is 5.86. The van der Waals surface area contributed by atoms with Gasteiger partial charge in [-0.05, 0) is 37.6 Å². The van der Waals surface area contributed by atoms with Crippen molar-refractivity contribution in [2.75, 3.05) is 18.0 Å². The third-order valence-corrected chi connectivity index (χ3v) is 4.82. The maximum absolute atomic E-state index is 12.3. The lowest BCUT2D eigenvalue weighted by atomic mass is 10.1. The van der Waals surface area contributed by atoms with Crippen LogP contribution in [0, 0.1) is 0 Å². The van der Waals surface area contributed by atoms with Crippen LogP contribution in [0.3, 0.4) is 0 Å². The molecule has 2 aromatic heterocycles. The number of nitrogens with one attached hydrogen (secondary N) is 1. The summed E-state index contributed by atoms with van der Waals surface area (Å²) in [6.07, 6.45) is 2.38. The third-order valence-electron chi connectivity index (χ3n) is 4.82. The van der Waals surface area contributed by atoms with Gasteiger partial charge in [-0.25, -0.2) is 4.98 Å². The van der Waals surface area contributed by atoms with Crippen LogP contribution in [-0.4, -0.2) is 41.3 Å². The summed E-state index contributed by atoms with van der Waals surface area (Å²) in [5, 5.41) is 7.80. The molecule has 1 aliphatic rings. The van der Waals surface area contributed by atoms with E-state index in [2.05, 4.69) is 34.2 Å². The molecule has 1 N–H and O–H groups in total. The minimum absolute atomic E-state index is 0.0982. The van der Waals surface area contributed by atoms with Crippen LogP contribution < -0.4 is 10.2 Å². The summed E-state index contributed by atoms with van der Waals surface area (Å²) in [6, 6.07) is 11.5. The molecule has 0 spiro atoms. The molecule has 3 heterocycles. The highest BCUT2D eigenvalue weighted by Gasteiger charge is 2.23. The number of benzene rings is 1. The standard InChI is InChI=1S/C21H24N4O3/c1-14-12-25(13-15(2)27-14)20-8-7-16(10-22-20)11-23-21(26)9-18-17-5-3-4-6-19(17)28-24-18/h3-8,10,14-15H,9,11-13H2,1-2H3,(H,23,26)/t14-,15-/m0/s1. The second-order valence-electron chi connectivity index (χ2n) is 7.27. The van der Waals surface area contributed by atoms with E-state index in [1.54, 1.807) is 0 Å². The summed E-state index contributed by atoms with van der Waals surface area (Å²) >= 11 is 0. The van der Waals surface area contributed by atoms with Gasteiger partial charge in [-0.1, -0.05) is 23.4 Å². The van der Waals surface area contributed by atoms with Crippen molar-refractivity contribution in [2.24, 2.45) is 0 Å². The molecule has 1 saturated heterocycles. The Hall–Kier alpha value is -2.93. The number of carbonyl (C=O) groups excluding carboxylic acids is 1. The van der Waals surface area contributed by atoms with E-state index in [4.69, 9.17) is 9.26 Å². The third kappa shape index (κ3) is 4.14. The van der Waals surface area contributed by atoms with Crippen LogP contribution in [0.1, 0.15) is 25.1 Å². The highest BCUT2D eigenvalue weighted by Crippen LogP contribution is 2.19. The molecule has 0 bridgehead atoms. The van der Waals surface area contributed by atoms with Crippen molar-refractivity contribution in [3.8, 4) is 0 Å². The number of fused-ring (bicyclic) bond motifs is 1. The van der Waals surface area contributed by atoms with Crippen LogP contribution in [0.15, 0.2) is 47.1 Å². The summed E-state index contributed by atoms with van der Waals surface area (Å²) in [4.78, 5) is 19.1. The first-order chi connectivity index (χ1) is 13.6. The zero-order valence-corrected chi connectivity index (χ0v) is 16.1. The molecule has 1 aromatic carbocycles. The number of pyridine rings is 1. The molecule has 4 rings (SSSR count). The lowest BCUT2D eigenvalue weighted by molar-refractivity contribution is -0.120. The fourth-order valence-corrected chi connectivity index (χ4v) is 3.55. The second kappa shape index (κ2) is 7.98. The van der Waals surface area contributed by atoms with Crippen LogP contribution in [-0.2, 0) is 22.5 Å². The number of hydrogen-bond acceptors (Lipinski definition) is 6. The van der Waals surface area contributed by atoms with Gasteiger partial charge in [-0.3, -0.25) is 4.79 Å². The predicted molar refractivity (Wildman–Crippen MR) is 106 cm³/mol. The van der Waals surface area contributed by atoms with Gasteiger partial charge < -0.3 is 19.5 Å². The molecule has 146 valence electrons. The topological polar surface area (TPSA) is 80.5 Å². The van der Waals surface area contributed by atoms with Gasteiger partial charge >= 0.3 is 0 Å². The quantitative estimate of drug-likeness (QED) is 0.733. The number of ether oxygens (including phenoxy) is 1. The SMILES string of the molecule is C[C@H]1CN(c2ccc(CNC(=O)Cc3noc4ccccc34)cn2)C[C@H](C)O1. The Labute approximate surface area is 163 Å². The van der Waals surface area contributed by atoms with E-state index >= 15 is 0 Å². The largest absolute Gasteiger partial charge is 0.372 e. The van der Waals surface area contributed by atoms with E-state index in [0.717, 1.165) is 29.9 Å². The van der Waals surface area contributed by atoms with Gasteiger partial charge in [0.2, 0.25) is 5.91 Å². The predicted octanol–water partition coefficient (Wildman–Crippen LogP) is 2.70. The van der Waals surface area contributed by atoms with E-state index in [-0.39, 0.29) is 24.5 Å². The number of rotatable bonds is 5. The van der Waals surface area contributed by atoms with Gasteiger partial charge in [-0.15, -0.1) is 0 Å². The van der Waals surface area contributed by atoms with Crippen molar-refractivity contribution >= 4 is 22.7 Å². The van der Waals surface area contributed by atoms with Crippen LogP contribution >= 0.6 is 0 Å². The van der Waals surface area contributed by atoms with Crippen molar-refractivity contribution in [1.29, 1.82) is 0 Å². The van der Waals surface area contributed by atoms with Crippen molar-refractivity contribution in [3.63, 3.8) is 0 Å². The second-order valence-corrected chi connectivity index (χ2v) is 7.27. The molecule has 7 nitrogen and oxygen atoms in total. The molecule has 7 heteroatoms. The molecule has 28 heavy (non-hydrogen) atoms. The smallest absolute Gasteiger partial charge is 0.226 e. The summed E-state index contributed by atoms with van der Waals surface area (Å²) in [5.74, 6) is 0.838. The average molecular weight is 380 g/mol. The molecule has 1 aliphatic heterocycles. The number of morpholine rings is 1. The first-order valence-corrected chi connectivity index (χ1v) is 9.54. The number of nitrogens with zero attached hydrogens (tertiary/aromatic N) is 3. The van der Waals surface area contributed by atoms with Crippen LogP contribution in [0.5, 0.6) is 0 Å². The molecule has 0 unspecified atom stereocenters. The lowest BCUT2D eigenvalue weighted by Crippen LogP contribution is -2.45. The Morgan fingerprint density at radius 2 is 1.96 bits per heavy atom. The molecule has 0 saturated carbocycles. The Kier molecular flexibility index (Phi) is 5.25. The Morgan fingerprint density at radius 1 is 1.18 bits per heavy atom. The zero-order chi connectivity index (χ0) is 19.5. The Balaban J connectivity index is 1.33. The van der Waals surface area contributed by atoms with Gasteiger partial charge in [0.05, 0.1) is 18.6 Å². The van der Waals surface area contributed by atoms with Crippen LogP contribution in [0.4, 0.5) is 5.82 Å². The normalized spacial score (nSPS) is 19.7. The maximum atomic E-state index is 12.3. The Morgan fingerprint density at radius 3 is 2.71 bits per heavy atom. The molecule has 1 fully saturated rings. The number of amides is 1. The lowest BCUT2D eigenvalue weighted by Gasteiger charge is -2.36. The fourth-order valence-electron chi connectivity index (χ4n) is 3.55. The van der Waals surface area contributed by atoms with Crippen LogP contribution in [0.25, 0.3) is 11.0 Å². The van der Waals surface area contributed by atoms with E-state index in [0.29, 0.717) is 17.8 Å². The van der Waals surface area contributed by atoms with E-state index < -0.39 is 0 Å². The number of aromatic nitrogens is 2. The van der Waals surface area contributed by atoms with Crippen molar-refractivity contribution in [1.82, 2.24) is 15.5 Å². The van der Waals surface area contributed by atoms with E-state index in [1.807, 2.05) is 42.6 Å². The molecule has 2 atom stereocenters. The monoisotopic (exact) mass is 380 g/mol. The Bertz CT molecular complexity index is 944. The van der Waals surface area contributed by atoms with Crippen molar-refractivity contribution < 1.29 is 14.1 Å². The fraction of sp³-hybridized carbons (Fsp3) is 0.381. The minimum atomic E-state index is -0.0982. The van der Waals surface area contributed by atoms with Crippen molar-refractivity contribution in [2.45, 2.75) is 39.0 Å². The molecular weight excluding hydrogens is 356 g/mol. The minimum Gasteiger partial charge on any atom is -0.372 e. The first-order valence-electron chi connectivity index (χ1n) is 9.54. The van der Waals surface area contributed by atoms with E-state index in [1.165, 1.54) is 0 Å². The van der Waals surface area contributed by atoms with Gasteiger partial charge in [0, 0.05) is 31.2 Å². The summed E-state index contributed by atoms with van der Waals surface area (Å²) in [7, 11) is 0. The first kappa shape index (κ1) is 18.4. The van der Waals surface area contributed by atoms with Gasteiger partial charge in [0.15, 0.2) is 5.58 Å². The van der Waals surface area contributed by atoms with Gasteiger partial charge in [-0.2, -0.15) is 0 Å². The summed E-state index contributed by atoms with van der Waals surface area (Å²) in [5.41, 5.74) is 2.30. The van der Waals surface area contributed by atoms with Gasteiger partial charge in [0.1, 0.15) is 11.5 Å². The van der Waals surface area contributed by atoms with Crippen molar-refractivity contribution in [3.05, 3.63) is 53.9 Å². The number of hydrogen-bond donors (Lipinski definition) is 1. The zero-order valence-electron chi connectivity index (χ0n) is 16.1. The number of carbonyl (C=O) groups is 1.